The molecule has 2 aromatic carbocycles. The van der Waals surface area contributed by atoms with Gasteiger partial charge in [0, 0.05) is 18.4 Å². The number of nitrogens with zero attached hydrogens (tertiary/aromatic N) is 2. The van der Waals surface area contributed by atoms with E-state index in [9.17, 15) is 9.18 Å². The first kappa shape index (κ1) is 15.2. The van der Waals surface area contributed by atoms with Crippen molar-refractivity contribution in [1.82, 2.24) is 15.1 Å². The van der Waals surface area contributed by atoms with E-state index in [1.807, 2.05) is 36.0 Å². The molecule has 0 aliphatic carbocycles. The summed E-state index contributed by atoms with van der Waals surface area (Å²) in [5.41, 5.74) is 2.95. The van der Waals surface area contributed by atoms with Gasteiger partial charge in [-0.15, -0.1) is 0 Å². The number of nitrogens with one attached hydrogen (secondary N) is 1. The van der Waals surface area contributed by atoms with Gasteiger partial charge in [-0.05, 0) is 36.2 Å². The summed E-state index contributed by atoms with van der Waals surface area (Å²) in [5.74, 6) is -0.374. The first-order chi connectivity index (χ1) is 11.1. The molecular formula is C18H18FN3O. The molecule has 0 aliphatic rings. The minimum atomic E-state index is -0.296. The van der Waals surface area contributed by atoms with Crippen LogP contribution in [0.3, 0.4) is 0 Å². The van der Waals surface area contributed by atoms with Gasteiger partial charge in [-0.1, -0.05) is 24.3 Å². The summed E-state index contributed by atoms with van der Waals surface area (Å²) in [6.45, 7) is 2.89. The van der Waals surface area contributed by atoms with Crippen molar-refractivity contribution in [3.63, 3.8) is 0 Å². The third-order valence-electron chi connectivity index (χ3n) is 3.83. The van der Waals surface area contributed by atoms with Gasteiger partial charge in [0.05, 0.1) is 18.3 Å². The molecular weight excluding hydrogens is 293 g/mol. The van der Waals surface area contributed by atoms with Crippen LogP contribution in [0.25, 0.3) is 10.9 Å². The van der Waals surface area contributed by atoms with Crippen molar-refractivity contribution in [2.75, 3.05) is 0 Å². The average molecular weight is 311 g/mol. The lowest BCUT2D eigenvalue weighted by Gasteiger charge is -2.07. The number of halogens is 1. The van der Waals surface area contributed by atoms with Crippen molar-refractivity contribution in [1.29, 1.82) is 0 Å². The van der Waals surface area contributed by atoms with Crippen LogP contribution in [0.15, 0.2) is 48.7 Å². The van der Waals surface area contributed by atoms with E-state index in [-0.39, 0.29) is 11.7 Å². The molecule has 0 atom stereocenters. The average Bonchev–Trinajstić information content (AvgIpc) is 2.96. The highest BCUT2D eigenvalue weighted by Gasteiger charge is 2.07. The van der Waals surface area contributed by atoms with Gasteiger partial charge in [0.25, 0.3) is 0 Å². The second-order valence-corrected chi connectivity index (χ2v) is 5.53. The molecule has 118 valence electrons. The summed E-state index contributed by atoms with van der Waals surface area (Å²) in [7, 11) is 0. The van der Waals surface area contributed by atoms with E-state index >= 15 is 0 Å². The lowest BCUT2D eigenvalue weighted by atomic mass is 10.1. The molecule has 3 aromatic rings. The van der Waals surface area contributed by atoms with E-state index in [1.54, 1.807) is 12.1 Å². The Morgan fingerprint density at radius 3 is 2.91 bits per heavy atom. The fraction of sp³-hybridized carbons (Fsp3) is 0.222. The molecule has 3 rings (SSSR count). The summed E-state index contributed by atoms with van der Waals surface area (Å²) >= 11 is 0. The first-order valence-electron chi connectivity index (χ1n) is 7.56. The van der Waals surface area contributed by atoms with Gasteiger partial charge in [0.2, 0.25) is 5.91 Å². The first-order valence-corrected chi connectivity index (χ1v) is 7.56. The molecule has 0 radical (unpaired) electrons. The maximum Gasteiger partial charge on any atom is 0.222 e. The van der Waals surface area contributed by atoms with Crippen LogP contribution < -0.4 is 5.32 Å². The highest BCUT2D eigenvalue weighted by Crippen LogP contribution is 2.17. The Balaban J connectivity index is 1.57. The summed E-state index contributed by atoms with van der Waals surface area (Å²) in [6, 6.07) is 12.3. The Labute approximate surface area is 133 Å². The van der Waals surface area contributed by atoms with E-state index in [0.717, 1.165) is 16.5 Å². The predicted molar refractivity (Wildman–Crippen MR) is 87.3 cm³/mol. The molecule has 1 N–H and O–H groups in total. The van der Waals surface area contributed by atoms with Gasteiger partial charge in [0.1, 0.15) is 5.82 Å². The van der Waals surface area contributed by atoms with Crippen LogP contribution in [-0.2, 0) is 17.9 Å². The van der Waals surface area contributed by atoms with E-state index in [1.165, 1.54) is 17.7 Å². The number of hydrogen-bond acceptors (Lipinski definition) is 2. The van der Waals surface area contributed by atoms with Crippen molar-refractivity contribution in [3.8, 4) is 0 Å². The Hall–Kier alpha value is -2.69. The number of carbonyl (C=O) groups is 1. The van der Waals surface area contributed by atoms with Crippen LogP contribution in [0.5, 0.6) is 0 Å². The topological polar surface area (TPSA) is 46.9 Å². The monoisotopic (exact) mass is 311 g/mol. The number of aryl methyl sites for hydroxylation is 2. The summed E-state index contributed by atoms with van der Waals surface area (Å²) in [6.07, 6.45) is 2.16. The summed E-state index contributed by atoms with van der Waals surface area (Å²) < 4.78 is 14.9. The fourth-order valence-corrected chi connectivity index (χ4v) is 2.57. The van der Waals surface area contributed by atoms with E-state index in [4.69, 9.17) is 0 Å². The predicted octanol–water partition coefficient (Wildman–Crippen LogP) is 3.19. The third-order valence-corrected chi connectivity index (χ3v) is 3.83. The second-order valence-electron chi connectivity index (χ2n) is 5.53. The molecule has 1 heterocycles. The third kappa shape index (κ3) is 3.56. The normalized spacial score (nSPS) is 10.9. The van der Waals surface area contributed by atoms with E-state index < -0.39 is 0 Å². The van der Waals surface area contributed by atoms with Crippen LogP contribution in [-0.4, -0.2) is 15.7 Å². The van der Waals surface area contributed by atoms with Crippen molar-refractivity contribution in [2.24, 2.45) is 0 Å². The lowest BCUT2D eigenvalue weighted by molar-refractivity contribution is -0.121. The number of rotatable bonds is 5. The van der Waals surface area contributed by atoms with E-state index in [2.05, 4.69) is 10.4 Å². The highest BCUT2D eigenvalue weighted by molar-refractivity contribution is 5.82. The molecule has 0 bridgehead atoms. The molecule has 1 amide bonds. The number of carbonyl (C=O) groups excluding carboxylic acids is 1. The SMILES string of the molecule is Cc1cccc2c1cnn2CCC(=O)NCc1cccc(F)c1. The van der Waals surface area contributed by atoms with Crippen molar-refractivity contribution < 1.29 is 9.18 Å². The summed E-state index contributed by atoms with van der Waals surface area (Å²) in [4.78, 5) is 12.0. The van der Waals surface area contributed by atoms with E-state index in [0.29, 0.717) is 19.5 Å². The number of benzene rings is 2. The Bertz CT molecular complexity index is 841. The van der Waals surface area contributed by atoms with Crippen molar-refractivity contribution in [2.45, 2.75) is 26.4 Å². The van der Waals surface area contributed by atoms with Gasteiger partial charge in [-0.25, -0.2) is 4.39 Å². The quantitative estimate of drug-likeness (QED) is 0.786. The fourth-order valence-electron chi connectivity index (χ4n) is 2.57. The zero-order valence-electron chi connectivity index (χ0n) is 12.9. The van der Waals surface area contributed by atoms with Gasteiger partial charge in [-0.2, -0.15) is 5.10 Å². The standard InChI is InChI=1S/C18H18FN3O/c1-13-4-2-7-17-16(13)12-21-22(17)9-8-18(23)20-11-14-5-3-6-15(19)10-14/h2-7,10,12H,8-9,11H2,1H3,(H,20,23). The molecule has 23 heavy (non-hydrogen) atoms. The Kier molecular flexibility index (Phi) is 4.37. The maximum atomic E-state index is 13.1. The number of hydrogen-bond donors (Lipinski definition) is 1. The molecule has 0 saturated carbocycles. The van der Waals surface area contributed by atoms with Gasteiger partial charge >= 0.3 is 0 Å². The number of fused-ring (bicyclic) bond motifs is 1. The molecule has 5 heteroatoms. The molecule has 4 nitrogen and oxygen atoms in total. The van der Waals surface area contributed by atoms with Crippen LogP contribution in [0.4, 0.5) is 4.39 Å². The largest absolute Gasteiger partial charge is 0.352 e. The minimum absolute atomic E-state index is 0.0782. The van der Waals surface area contributed by atoms with Crippen LogP contribution in [0.2, 0.25) is 0 Å². The van der Waals surface area contributed by atoms with Gasteiger partial charge in [0.15, 0.2) is 0 Å². The smallest absolute Gasteiger partial charge is 0.222 e. The van der Waals surface area contributed by atoms with Crippen molar-refractivity contribution >= 4 is 16.8 Å². The summed E-state index contributed by atoms with van der Waals surface area (Å²) in [5, 5.41) is 8.25. The Morgan fingerprint density at radius 1 is 1.26 bits per heavy atom. The maximum absolute atomic E-state index is 13.1. The number of aromatic nitrogens is 2. The lowest BCUT2D eigenvalue weighted by Crippen LogP contribution is -2.24. The van der Waals surface area contributed by atoms with Gasteiger partial charge in [-0.3, -0.25) is 9.48 Å². The molecule has 0 fully saturated rings. The highest BCUT2D eigenvalue weighted by atomic mass is 19.1. The minimum Gasteiger partial charge on any atom is -0.352 e. The van der Waals surface area contributed by atoms with Crippen LogP contribution in [0.1, 0.15) is 17.5 Å². The zero-order chi connectivity index (χ0) is 16.2. The molecule has 1 aromatic heterocycles. The van der Waals surface area contributed by atoms with Crippen LogP contribution in [0, 0.1) is 12.7 Å². The molecule has 0 unspecified atom stereocenters. The molecule has 0 spiro atoms. The molecule has 0 saturated heterocycles. The number of amides is 1. The second kappa shape index (κ2) is 6.60. The van der Waals surface area contributed by atoms with Crippen LogP contribution >= 0.6 is 0 Å². The Morgan fingerprint density at radius 2 is 2.09 bits per heavy atom. The zero-order valence-corrected chi connectivity index (χ0v) is 12.9. The van der Waals surface area contributed by atoms with Crippen molar-refractivity contribution in [3.05, 3.63) is 65.6 Å². The molecule has 0 aliphatic heterocycles. The van der Waals surface area contributed by atoms with Gasteiger partial charge < -0.3 is 5.32 Å².